The molecule has 4 heteroatoms. The summed E-state index contributed by atoms with van der Waals surface area (Å²) in [5, 5.41) is 18.9. The van der Waals surface area contributed by atoms with Crippen molar-refractivity contribution in [3.05, 3.63) is 23.7 Å². The molecule has 2 aliphatic rings. The molecule has 2 bridgehead atoms. The van der Waals surface area contributed by atoms with E-state index in [1.165, 1.54) is 31.7 Å². The number of carbonyl (C=O) groups is 1. The topological polar surface area (TPSA) is 70.7 Å². The summed E-state index contributed by atoms with van der Waals surface area (Å²) >= 11 is 0. The smallest absolute Gasteiger partial charge is 0.371 e. The molecule has 0 amide bonds. The van der Waals surface area contributed by atoms with Gasteiger partial charge in [0.2, 0.25) is 5.76 Å². The van der Waals surface area contributed by atoms with E-state index in [-0.39, 0.29) is 5.76 Å². The minimum absolute atomic E-state index is 0.100. The predicted molar refractivity (Wildman–Crippen MR) is 64.2 cm³/mol. The Morgan fingerprint density at radius 1 is 1.39 bits per heavy atom. The van der Waals surface area contributed by atoms with E-state index in [0.29, 0.717) is 18.1 Å². The summed E-state index contributed by atoms with van der Waals surface area (Å²) < 4.78 is 5.15. The van der Waals surface area contributed by atoms with Gasteiger partial charge in [-0.05, 0) is 55.6 Å². The summed E-state index contributed by atoms with van der Waals surface area (Å²) in [4.78, 5) is 10.7. The second-order valence-corrected chi connectivity index (χ2v) is 5.69. The van der Waals surface area contributed by atoms with E-state index in [1.54, 1.807) is 6.07 Å². The van der Waals surface area contributed by atoms with Crippen molar-refractivity contribution in [3.8, 4) is 0 Å². The van der Waals surface area contributed by atoms with Crippen LogP contribution >= 0.6 is 0 Å². The number of aliphatic hydroxyl groups is 1. The molecule has 0 radical (unpaired) electrons. The Balaban J connectivity index is 1.63. The molecule has 2 saturated carbocycles. The lowest BCUT2D eigenvalue weighted by Gasteiger charge is -2.23. The first kappa shape index (κ1) is 11.8. The van der Waals surface area contributed by atoms with Crippen molar-refractivity contribution in [2.75, 3.05) is 0 Å². The molecular formula is C14H18O4. The number of carboxylic acids is 1. The van der Waals surface area contributed by atoms with E-state index in [9.17, 15) is 9.90 Å². The van der Waals surface area contributed by atoms with Crippen molar-refractivity contribution in [1.29, 1.82) is 0 Å². The number of aromatic carboxylic acids is 1. The van der Waals surface area contributed by atoms with Crippen LogP contribution in [0.25, 0.3) is 0 Å². The number of rotatable bonds is 4. The number of carboxylic acid groups (broad SMARTS) is 1. The highest BCUT2D eigenvalue weighted by atomic mass is 16.4. The molecule has 3 rings (SSSR count). The van der Waals surface area contributed by atoms with Crippen molar-refractivity contribution in [1.82, 2.24) is 0 Å². The van der Waals surface area contributed by atoms with Gasteiger partial charge in [0.1, 0.15) is 11.9 Å². The maximum atomic E-state index is 10.7. The summed E-state index contributed by atoms with van der Waals surface area (Å²) in [5.41, 5.74) is 0. The van der Waals surface area contributed by atoms with Crippen LogP contribution in [0.15, 0.2) is 16.5 Å². The standard InChI is InChI=1S/C14H18O4/c15-11(12-3-4-13(18-12)14(16)17)7-10-6-8-1-2-9(10)5-8/h3-4,8-11,15H,1-2,5-7H2,(H,16,17). The van der Waals surface area contributed by atoms with Crippen LogP contribution in [0.4, 0.5) is 0 Å². The number of hydrogen-bond acceptors (Lipinski definition) is 3. The monoisotopic (exact) mass is 250 g/mol. The zero-order valence-electron chi connectivity index (χ0n) is 10.2. The van der Waals surface area contributed by atoms with E-state index in [0.717, 1.165) is 11.8 Å². The van der Waals surface area contributed by atoms with Gasteiger partial charge in [0.25, 0.3) is 0 Å². The van der Waals surface area contributed by atoms with Crippen molar-refractivity contribution < 1.29 is 19.4 Å². The van der Waals surface area contributed by atoms with Gasteiger partial charge in [0, 0.05) is 0 Å². The van der Waals surface area contributed by atoms with Gasteiger partial charge in [-0.3, -0.25) is 0 Å². The normalized spacial score (nSPS) is 31.7. The highest BCUT2D eigenvalue weighted by molar-refractivity contribution is 5.84. The molecule has 0 spiro atoms. The molecule has 0 aliphatic heterocycles. The first-order valence-electron chi connectivity index (χ1n) is 6.64. The molecule has 4 nitrogen and oxygen atoms in total. The van der Waals surface area contributed by atoms with Crippen LogP contribution in [0.2, 0.25) is 0 Å². The average Bonchev–Trinajstić information content (AvgIpc) is 3.04. The Kier molecular flexibility index (Phi) is 2.90. The van der Waals surface area contributed by atoms with Gasteiger partial charge in [0.15, 0.2) is 0 Å². The van der Waals surface area contributed by atoms with E-state index in [2.05, 4.69) is 0 Å². The first-order chi connectivity index (χ1) is 8.63. The summed E-state index contributed by atoms with van der Waals surface area (Å²) in [6.07, 6.45) is 5.21. The summed E-state index contributed by atoms with van der Waals surface area (Å²) in [6.45, 7) is 0. The second kappa shape index (κ2) is 4.43. The van der Waals surface area contributed by atoms with Gasteiger partial charge >= 0.3 is 5.97 Å². The van der Waals surface area contributed by atoms with Crippen molar-refractivity contribution in [2.24, 2.45) is 17.8 Å². The maximum absolute atomic E-state index is 10.7. The van der Waals surface area contributed by atoms with Gasteiger partial charge < -0.3 is 14.6 Å². The lowest BCUT2D eigenvalue weighted by molar-refractivity contribution is 0.0642. The minimum atomic E-state index is -1.09. The molecule has 1 heterocycles. The molecule has 4 unspecified atom stereocenters. The van der Waals surface area contributed by atoms with Crippen molar-refractivity contribution in [2.45, 2.75) is 38.2 Å². The van der Waals surface area contributed by atoms with Crippen molar-refractivity contribution in [3.63, 3.8) is 0 Å². The summed E-state index contributed by atoms with van der Waals surface area (Å²) in [6, 6.07) is 2.98. The fourth-order valence-corrected chi connectivity index (χ4v) is 3.71. The second-order valence-electron chi connectivity index (χ2n) is 5.69. The first-order valence-corrected chi connectivity index (χ1v) is 6.64. The molecule has 2 aliphatic carbocycles. The third-order valence-corrected chi connectivity index (χ3v) is 4.58. The van der Waals surface area contributed by atoms with Gasteiger partial charge in [-0.1, -0.05) is 6.42 Å². The molecule has 2 N–H and O–H groups in total. The Morgan fingerprint density at radius 3 is 2.78 bits per heavy atom. The van der Waals surface area contributed by atoms with Crippen LogP contribution in [0, 0.1) is 17.8 Å². The lowest BCUT2D eigenvalue weighted by Crippen LogP contribution is -2.14. The van der Waals surface area contributed by atoms with Gasteiger partial charge in [-0.15, -0.1) is 0 Å². The molecule has 18 heavy (non-hydrogen) atoms. The average molecular weight is 250 g/mol. The van der Waals surface area contributed by atoms with Crippen LogP contribution in [0.3, 0.4) is 0 Å². The zero-order chi connectivity index (χ0) is 12.7. The predicted octanol–water partition coefficient (Wildman–Crippen LogP) is 2.84. The van der Waals surface area contributed by atoms with Gasteiger partial charge in [-0.25, -0.2) is 4.79 Å². The number of fused-ring (bicyclic) bond motifs is 2. The van der Waals surface area contributed by atoms with Crippen LogP contribution in [-0.4, -0.2) is 16.2 Å². The number of hydrogen-bond donors (Lipinski definition) is 2. The quantitative estimate of drug-likeness (QED) is 0.862. The maximum Gasteiger partial charge on any atom is 0.371 e. The molecule has 4 atom stereocenters. The largest absolute Gasteiger partial charge is 0.475 e. The Hall–Kier alpha value is -1.29. The molecule has 98 valence electrons. The van der Waals surface area contributed by atoms with Gasteiger partial charge in [-0.2, -0.15) is 0 Å². The van der Waals surface area contributed by atoms with E-state index < -0.39 is 12.1 Å². The molecule has 2 fully saturated rings. The minimum Gasteiger partial charge on any atom is -0.475 e. The fraction of sp³-hybridized carbons (Fsp3) is 0.643. The summed E-state index contributed by atoms with van der Waals surface area (Å²) in [7, 11) is 0. The van der Waals surface area contributed by atoms with E-state index in [1.807, 2.05) is 0 Å². The van der Waals surface area contributed by atoms with Crippen LogP contribution in [0.1, 0.15) is 54.5 Å². The fourth-order valence-electron chi connectivity index (χ4n) is 3.71. The highest BCUT2D eigenvalue weighted by Crippen LogP contribution is 2.50. The van der Waals surface area contributed by atoms with Crippen molar-refractivity contribution >= 4 is 5.97 Å². The van der Waals surface area contributed by atoms with Crippen LogP contribution in [0.5, 0.6) is 0 Å². The molecule has 1 aromatic rings. The SMILES string of the molecule is O=C(O)c1ccc(C(O)CC2CC3CCC2C3)o1. The van der Waals surface area contributed by atoms with Crippen LogP contribution in [-0.2, 0) is 0 Å². The molecule has 0 saturated heterocycles. The number of aliphatic hydroxyl groups excluding tert-OH is 1. The van der Waals surface area contributed by atoms with Gasteiger partial charge in [0.05, 0.1) is 0 Å². The molecule has 1 aromatic heterocycles. The molecule has 0 aromatic carbocycles. The zero-order valence-corrected chi connectivity index (χ0v) is 10.2. The lowest BCUT2D eigenvalue weighted by atomic mass is 9.84. The van der Waals surface area contributed by atoms with E-state index >= 15 is 0 Å². The third-order valence-electron chi connectivity index (χ3n) is 4.58. The Labute approximate surface area is 106 Å². The Bertz CT molecular complexity index is 450. The van der Waals surface area contributed by atoms with E-state index in [4.69, 9.17) is 9.52 Å². The summed E-state index contributed by atoms with van der Waals surface area (Å²) in [5.74, 6) is 1.40. The van der Waals surface area contributed by atoms with Crippen LogP contribution < -0.4 is 0 Å². The molecular weight excluding hydrogens is 232 g/mol. The number of furan rings is 1. The Morgan fingerprint density at radius 2 is 2.22 bits per heavy atom. The highest BCUT2D eigenvalue weighted by Gasteiger charge is 2.40. The third kappa shape index (κ3) is 2.05.